The first kappa shape index (κ1) is 20.0. The van der Waals surface area contributed by atoms with E-state index in [9.17, 15) is 18.8 Å². The fraction of sp³-hybridized carbons (Fsp3) is 0.0833. The predicted octanol–water partition coefficient (Wildman–Crippen LogP) is 3.85. The Balaban J connectivity index is 1.47. The van der Waals surface area contributed by atoms with E-state index in [0.29, 0.717) is 16.7 Å². The molecule has 31 heavy (non-hydrogen) atoms. The van der Waals surface area contributed by atoms with E-state index in [2.05, 4.69) is 0 Å². The Labute approximate surface area is 177 Å². The maximum Gasteiger partial charge on any atom is 0.338 e. The van der Waals surface area contributed by atoms with Crippen molar-refractivity contribution in [1.82, 2.24) is 4.90 Å². The third-order valence-electron chi connectivity index (χ3n) is 4.92. The molecule has 3 aromatic carbocycles. The highest BCUT2D eigenvalue weighted by molar-refractivity contribution is 6.21. The number of nitriles is 1. The summed E-state index contributed by atoms with van der Waals surface area (Å²) in [6.45, 7) is -0.324. The lowest BCUT2D eigenvalue weighted by Gasteiger charge is -2.14. The minimum Gasteiger partial charge on any atom is -0.457 e. The smallest absolute Gasteiger partial charge is 0.338 e. The first-order chi connectivity index (χ1) is 15.0. The molecule has 0 saturated heterocycles. The minimum atomic E-state index is -0.689. The molecule has 7 heteroatoms. The molecule has 1 aliphatic rings. The quantitative estimate of drug-likeness (QED) is 0.467. The van der Waals surface area contributed by atoms with E-state index >= 15 is 0 Å². The Bertz CT molecular complexity index is 1230. The monoisotopic (exact) mass is 414 g/mol. The Morgan fingerprint density at radius 2 is 1.68 bits per heavy atom. The Hall–Kier alpha value is -4.31. The molecule has 1 aliphatic heterocycles. The maximum absolute atomic E-state index is 13.9. The lowest BCUT2D eigenvalue weighted by atomic mass is 10.1. The van der Waals surface area contributed by atoms with E-state index in [-0.39, 0.29) is 41.7 Å². The molecule has 1 heterocycles. The third-order valence-corrected chi connectivity index (χ3v) is 4.92. The van der Waals surface area contributed by atoms with E-state index in [0.717, 1.165) is 11.0 Å². The number of imide groups is 1. The molecule has 4 rings (SSSR count). The number of nitrogens with zero attached hydrogens (tertiary/aromatic N) is 2. The zero-order valence-electron chi connectivity index (χ0n) is 16.2. The van der Waals surface area contributed by atoms with Crippen molar-refractivity contribution in [2.24, 2.45) is 0 Å². The number of carbonyl (C=O) groups excluding carboxylic acids is 3. The van der Waals surface area contributed by atoms with Gasteiger partial charge in [-0.25, -0.2) is 9.18 Å². The van der Waals surface area contributed by atoms with Gasteiger partial charge in [-0.15, -0.1) is 0 Å². The molecular formula is C24H15FN2O4. The maximum atomic E-state index is 13.9. The lowest BCUT2D eigenvalue weighted by molar-refractivity contribution is 0.0468. The largest absolute Gasteiger partial charge is 0.457 e. The molecule has 6 nitrogen and oxygen atoms in total. The van der Waals surface area contributed by atoms with Crippen molar-refractivity contribution in [1.29, 1.82) is 5.26 Å². The van der Waals surface area contributed by atoms with Crippen LogP contribution in [0.15, 0.2) is 66.7 Å². The summed E-state index contributed by atoms with van der Waals surface area (Å²) in [6.07, 6.45) is 0. The molecule has 0 spiro atoms. The second-order valence-electron chi connectivity index (χ2n) is 6.94. The molecule has 0 unspecified atom stereocenters. The molecule has 0 aromatic heterocycles. The van der Waals surface area contributed by atoms with Gasteiger partial charge in [-0.2, -0.15) is 5.26 Å². The van der Waals surface area contributed by atoms with Crippen LogP contribution < -0.4 is 0 Å². The van der Waals surface area contributed by atoms with Crippen LogP contribution in [0.2, 0.25) is 0 Å². The van der Waals surface area contributed by atoms with Gasteiger partial charge in [-0.3, -0.25) is 14.5 Å². The number of hydrogen-bond donors (Lipinski definition) is 0. The molecule has 0 bridgehead atoms. The van der Waals surface area contributed by atoms with Gasteiger partial charge in [-0.05, 0) is 48.0 Å². The van der Waals surface area contributed by atoms with Crippen molar-refractivity contribution in [3.05, 3.63) is 106 Å². The molecule has 0 atom stereocenters. The second-order valence-corrected chi connectivity index (χ2v) is 6.94. The molecule has 3 aromatic rings. The number of rotatable bonds is 5. The van der Waals surface area contributed by atoms with Crippen LogP contribution in [0.5, 0.6) is 0 Å². The minimum absolute atomic E-state index is 0.00626. The van der Waals surface area contributed by atoms with Gasteiger partial charge in [0.05, 0.1) is 34.9 Å². The summed E-state index contributed by atoms with van der Waals surface area (Å²) in [5, 5.41) is 8.92. The van der Waals surface area contributed by atoms with Crippen LogP contribution in [0, 0.1) is 17.1 Å². The molecule has 0 N–H and O–H groups in total. The van der Waals surface area contributed by atoms with Crippen molar-refractivity contribution in [2.45, 2.75) is 13.2 Å². The molecular weight excluding hydrogens is 399 g/mol. The van der Waals surface area contributed by atoms with Gasteiger partial charge in [0.1, 0.15) is 12.4 Å². The first-order valence-electron chi connectivity index (χ1n) is 9.38. The number of hydrogen-bond acceptors (Lipinski definition) is 5. The summed E-state index contributed by atoms with van der Waals surface area (Å²) < 4.78 is 19.0. The van der Waals surface area contributed by atoms with Crippen molar-refractivity contribution in [3.63, 3.8) is 0 Å². The topological polar surface area (TPSA) is 87.5 Å². The predicted molar refractivity (Wildman–Crippen MR) is 107 cm³/mol. The summed E-state index contributed by atoms with van der Waals surface area (Å²) >= 11 is 0. The van der Waals surface area contributed by atoms with E-state index in [1.165, 1.54) is 24.3 Å². The third kappa shape index (κ3) is 3.91. The number of benzene rings is 3. The highest BCUT2D eigenvalue weighted by Gasteiger charge is 2.35. The van der Waals surface area contributed by atoms with E-state index < -0.39 is 11.8 Å². The summed E-state index contributed by atoms with van der Waals surface area (Å²) in [7, 11) is 0. The zero-order valence-corrected chi connectivity index (χ0v) is 16.2. The van der Waals surface area contributed by atoms with Gasteiger partial charge in [0.2, 0.25) is 0 Å². The Morgan fingerprint density at radius 1 is 0.968 bits per heavy atom. The Morgan fingerprint density at radius 3 is 2.35 bits per heavy atom. The number of amides is 2. The Kier molecular flexibility index (Phi) is 5.29. The van der Waals surface area contributed by atoms with Gasteiger partial charge >= 0.3 is 5.97 Å². The summed E-state index contributed by atoms with van der Waals surface area (Å²) in [5.41, 5.74) is 1.83. The molecule has 152 valence electrons. The molecule has 0 fully saturated rings. The average Bonchev–Trinajstić information content (AvgIpc) is 3.03. The van der Waals surface area contributed by atoms with E-state index in [1.54, 1.807) is 36.4 Å². The van der Waals surface area contributed by atoms with Crippen molar-refractivity contribution < 1.29 is 23.5 Å². The zero-order chi connectivity index (χ0) is 22.0. The first-order valence-corrected chi connectivity index (χ1v) is 9.38. The molecule has 0 radical (unpaired) electrons. The van der Waals surface area contributed by atoms with Crippen LogP contribution in [0.25, 0.3) is 0 Å². The summed E-state index contributed by atoms with van der Waals surface area (Å²) in [4.78, 5) is 38.6. The average molecular weight is 414 g/mol. The van der Waals surface area contributed by atoms with Crippen LogP contribution >= 0.6 is 0 Å². The number of fused-ring (bicyclic) bond motifs is 1. The van der Waals surface area contributed by atoms with Crippen molar-refractivity contribution in [2.75, 3.05) is 0 Å². The number of esters is 1. The number of ether oxygens (including phenoxy) is 1. The van der Waals surface area contributed by atoms with E-state index in [1.807, 2.05) is 6.07 Å². The molecule has 2 amide bonds. The standard InChI is InChI=1S/C24H15FN2O4/c25-21-9-8-15(12-26)10-18(21)14-31-24(30)17-5-3-4-16(11-17)13-27-22(28)19-6-1-2-7-20(19)23(27)29/h1-11H,13-14H2. The van der Waals surface area contributed by atoms with Gasteiger partial charge in [-0.1, -0.05) is 24.3 Å². The van der Waals surface area contributed by atoms with Crippen LogP contribution in [0.1, 0.15) is 47.8 Å². The normalized spacial score (nSPS) is 12.5. The van der Waals surface area contributed by atoms with Crippen molar-refractivity contribution >= 4 is 17.8 Å². The number of carbonyl (C=O) groups is 3. The fourth-order valence-electron chi connectivity index (χ4n) is 3.34. The highest BCUT2D eigenvalue weighted by atomic mass is 19.1. The number of halogens is 1. The fourth-order valence-corrected chi connectivity index (χ4v) is 3.34. The van der Waals surface area contributed by atoms with Gasteiger partial charge in [0.15, 0.2) is 0 Å². The van der Waals surface area contributed by atoms with Crippen molar-refractivity contribution in [3.8, 4) is 6.07 Å². The SMILES string of the molecule is N#Cc1ccc(F)c(COC(=O)c2cccc(CN3C(=O)c4ccccc4C3=O)c2)c1. The molecule has 0 saturated carbocycles. The van der Waals surface area contributed by atoms with Crippen LogP contribution in [-0.2, 0) is 17.9 Å². The van der Waals surface area contributed by atoms with Crippen LogP contribution in [0.4, 0.5) is 4.39 Å². The van der Waals surface area contributed by atoms with Gasteiger partial charge < -0.3 is 4.74 Å². The lowest BCUT2D eigenvalue weighted by Crippen LogP contribution is -2.29. The summed E-state index contributed by atoms with van der Waals surface area (Å²) in [6, 6.07) is 18.6. The van der Waals surface area contributed by atoms with Crippen LogP contribution in [0.3, 0.4) is 0 Å². The summed E-state index contributed by atoms with van der Waals surface area (Å²) in [5.74, 6) is -2.04. The van der Waals surface area contributed by atoms with E-state index in [4.69, 9.17) is 10.00 Å². The van der Waals surface area contributed by atoms with Gasteiger partial charge in [0.25, 0.3) is 11.8 Å². The molecule has 0 aliphatic carbocycles. The van der Waals surface area contributed by atoms with Gasteiger partial charge in [0, 0.05) is 5.56 Å². The second kappa shape index (κ2) is 8.20. The van der Waals surface area contributed by atoms with Crippen LogP contribution in [-0.4, -0.2) is 22.7 Å². The highest BCUT2D eigenvalue weighted by Crippen LogP contribution is 2.24.